The molecule has 1 unspecified atom stereocenters. The molecule has 0 aliphatic rings. The lowest BCUT2D eigenvalue weighted by Crippen LogP contribution is -2.27. The van der Waals surface area contributed by atoms with Crippen molar-refractivity contribution >= 4 is 11.6 Å². The third kappa shape index (κ3) is 4.40. The normalized spacial score (nSPS) is 12.1. The lowest BCUT2D eigenvalue weighted by molar-refractivity contribution is 0.0365. The molecule has 0 fully saturated rings. The van der Waals surface area contributed by atoms with Crippen molar-refractivity contribution in [2.75, 3.05) is 38.4 Å². The van der Waals surface area contributed by atoms with Crippen molar-refractivity contribution in [3.8, 4) is 11.4 Å². The molecule has 0 spiro atoms. The number of hydrogen-bond acceptors (Lipinski definition) is 6. The molecule has 6 heteroatoms. The van der Waals surface area contributed by atoms with Gasteiger partial charge in [-0.15, -0.1) is 0 Å². The van der Waals surface area contributed by atoms with Gasteiger partial charge in [0.2, 0.25) is 0 Å². The molecule has 0 radical (unpaired) electrons. The molecule has 0 aliphatic carbocycles. The minimum Gasteiger partial charge on any atom is -0.384 e. The van der Waals surface area contributed by atoms with Crippen molar-refractivity contribution in [3.63, 3.8) is 0 Å². The standard InChI is InChI=1S/C15H20N4O2/c1-20-10-12(21-2)9-17-14-8-13(16)18-15(19-14)11-6-4-3-5-7-11/h3-8,12H,9-10H2,1-2H3,(H3,16,17,18,19). The van der Waals surface area contributed by atoms with Crippen LogP contribution in [0.25, 0.3) is 11.4 Å². The number of anilines is 2. The van der Waals surface area contributed by atoms with Crippen LogP contribution in [0, 0.1) is 0 Å². The molecule has 1 aromatic heterocycles. The minimum absolute atomic E-state index is 0.0497. The Morgan fingerprint density at radius 2 is 1.95 bits per heavy atom. The van der Waals surface area contributed by atoms with Crippen LogP contribution in [0.4, 0.5) is 11.6 Å². The van der Waals surface area contributed by atoms with Crippen LogP contribution in [0.5, 0.6) is 0 Å². The molecule has 2 aromatic rings. The maximum Gasteiger partial charge on any atom is 0.163 e. The monoisotopic (exact) mass is 288 g/mol. The Morgan fingerprint density at radius 1 is 1.19 bits per heavy atom. The molecule has 2 rings (SSSR count). The Kier molecular flexibility index (Phi) is 5.48. The zero-order valence-corrected chi connectivity index (χ0v) is 12.2. The second-order valence-corrected chi connectivity index (χ2v) is 4.56. The average Bonchev–Trinajstić information content (AvgIpc) is 2.52. The number of nitrogen functional groups attached to an aromatic ring is 1. The van der Waals surface area contributed by atoms with Gasteiger partial charge >= 0.3 is 0 Å². The van der Waals surface area contributed by atoms with Crippen molar-refractivity contribution in [3.05, 3.63) is 36.4 Å². The van der Waals surface area contributed by atoms with Gasteiger partial charge in [-0.25, -0.2) is 9.97 Å². The molecule has 0 saturated heterocycles. The van der Waals surface area contributed by atoms with Crippen molar-refractivity contribution in [1.29, 1.82) is 0 Å². The first-order valence-corrected chi connectivity index (χ1v) is 6.68. The summed E-state index contributed by atoms with van der Waals surface area (Å²) >= 11 is 0. The van der Waals surface area contributed by atoms with Crippen molar-refractivity contribution in [2.24, 2.45) is 0 Å². The molecule has 0 saturated carbocycles. The molecule has 6 nitrogen and oxygen atoms in total. The fourth-order valence-electron chi connectivity index (χ4n) is 1.89. The molecule has 0 aliphatic heterocycles. The van der Waals surface area contributed by atoms with Crippen LogP contribution in [0.1, 0.15) is 0 Å². The van der Waals surface area contributed by atoms with E-state index in [4.69, 9.17) is 15.2 Å². The third-order valence-electron chi connectivity index (χ3n) is 2.97. The Hall–Kier alpha value is -2.18. The fraction of sp³-hybridized carbons (Fsp3) is 0.333. The molecule has 112 valence electrons. The Morgan fingerprint density at radius 3 is 2.62 bits per heavy atom. The molecular weight excluding hydrogens is 268 g/mol. The highest BCUT2D eigenvalue weighted by Crippen LogP contribution is 2.18. The summed E-state index contributed by atoms with van der Waals surface area (Å²) in [5.74, 6) is 1.69. The topological polar surface area (TPSA) is 82.3 Å². The van der Waals surface area contributed by atoms with Gasteiger partial charge in [-0.05, 0) is 0 Å². The maximum absolute atomic E-state index is 5.85. The lowest BCUT2D eigenvalue weighted by atomic mass is 10.2. The predicted octanol–water partition coefficient (Wildman–Crippen LogP) is 1.80. The Labute approximate surface area is 124 Å². The van der Waals surface area contributed by atoms with Gasteiger partial charge < -0.3 is 20.5 Å². The average molecular weight is 288 g/mol. The number of hydrogen-bond donors (Lipinski definition) is 2. The van der Waals surface area contributed by atoms with Gasteiger partial charge in [0.05, 0.1) is 12.7 Å². The second kappa shape index (κ2) is 7.56. The van der Waals surface area contributed by atoms with Crippen molar-refractivity contribution in [1.82, 2.24) is 9.97 Å². The summed E-state index contributed by atoms with van der Waals surface area (Å²) < 4.78 is 10.4. The zero-order valence-electron chi connectivity index (χ0n) is 12.2. The smallest absolute Gasteiger partial charge is 0.163 e. The molecule has 1 atom stereocenters. The van der Waals surface area contributed by atoms with E-state index in [2.05, 4.69) is 15.3 Å². The minimum atomic E-state index is -0.0497. The first kappa shape index (κ1) is 15.2. The highest BCUT2D eigenvalue weighted by atomic mass is 16.5. The van der Waals surface area contributed by atoms with Gasteiger partial charge in [-0.2, -0.15) is 0 Å². The summed E-state index contributed by atoms with van der Waals surface area (Å²) in [7, 11) is 3.29. The van der Waals surface area contributed by atoms with Gasteiger partial charge in [0.25, 0.3) is 0 Å². The van der Waals surface area contributed by atoms with E-state index < -0.39 is 0 Å². The number of nitrogens with one attached hydrogen (secondary N) is 1. The van der Waals surface area contributed by atoms with Gasteiger partial charge in [-0.3, -0.25) is 0 Å². The van der Waals surface area contributed by atoms with Gasteiger partial charge in [0, 0.05) is 32.4 Å². The summed E-state index contributed by atoms with van der Waals surface area (Å²) in [6.45, 7) is 1.09. The fourth-order valence-corrected chi connectivity index (χ4v) is 1.89. The number of ether oxygens (including phenoxy) is 2. The molecular formula is C15H20N4O2. The van der Waals surface area contributed by atoms with Crippen molar-refractivity contribution in [2.45, 2.75) is 6.10 Å². The summed E-state index contributed by atoms with van der Waals surface area (Å²) in [4.78, 5) is 8.73. The number of nitrogens with zero attached hydrogens (tertiary/aromatic N) is 2. The van der Waals surface area contributed by atoms with E-state index in [0.717, 1.165) is 5.56 Å². The first-order valence-electron chi connectivity index (χ1n) is 6.68. The van der Waals surface area contributed by atoms with Crippen LogP contribution in [-0.2, 0) is 9.47 Å². The molecule has 1 aromatic carbocycles. The van der Waals surface area contributed by atoms with Crippen molar-refractivity contribution < 1.29 is 9.47 Å². The Balaban J connectivity index is 2.12. The van der Waals surface area contributed by atoms with Crippen LogP contribution < -0.4 is 11.1 Å². The van der Waals surface area contributed by atoms with E-state index in [1.165, 1.54) is 0 Å². The number of rotatable bonds is 7. The number of aromatic nitrogens is 2. The van der Waals surface area contributed by atoms with E-state index >= 15 is 0 Å². The largest absolute Gasteiger partial charge is 0.384 e. The quantitative estimate of drug-likeness (QED) is 0.808. The molecule has 21 heavy (non-hydrogen) atoms. The van der Waals surface area contributed by atoms with Crippen LogP contribution in [0.2, 0.25) is 0 Å². The van der Waals surface area contributed by atoms with E-state index in [1.807, 2.05) is 30.3 Å². The van der Waals surface area contributed by atoms with E-state index in [0.29, 0.717) is 30.6 Å². The maximum atomic E-state index is 5.85. The SMILES string of the molecule is COCC(CNc1cc(N)nc(-c2ccccc2)n1)OC. The third-order valence-corrected chi connectivity index (χ3v) is 2.97. The number of nitrogens with two attached hydrogens (primary N) is 1. The molecule has 0 amide bonds. The summed E-state index contributed by atoms with van der Waals surface area (Å²) in [5, 5.41) is 3.20. The van der Waals surface area contributed by atoms with Crippen LogP contribution in [-0.4, -0.2) is 43.4 Å². The first-order chi connectivity index (χ1) is 10.2. The highest BCUT2D eigenvalue weighted by Gasteiger charge is 2.09. The summed E-state index contributed by atoms with van der Waals surface area (Å²) in [6, 6.07) is 11.4. The van der Waals surface area contributed by atoms with E-state index in [-0.39, 0.29) is 6.10 Å². The molecule has 1 heterocycles. The lowest BCUT2D eigenvalue weighted by Gasteiger charge is -2.15. The van der Waals surface area contributed by atoms with Crippen LogP contribution in [0.15, 0.2) is 36.4 Å². The van der Waals surface area contributed by atoms with Gasteiger partial charge in [-0.1, -0.05) is 30.3 Å². The molecule has 3 N–H and O–H groups in total. The summed E-state index contributed by atoms with van der Waals surface area (Å²) in [5.41, 5.74) is 6.77. The molecule has 0 bridgehead atoms. The van der Waals surface area contributed by atoms with E-state index in [9.17, 15) is 0 Å². The number of benzene rings is 1. The Bertz CT molecular complexity index is 563. The number of methoxy groups -OCH3 is 2. The highest BCUT2D eigenvalue weighted by molar-refractivity contribution is 5.60. The van der Waals surface area contributed by atoms with Crippen LogP contribution >= 0.6 is 0 Å². The zero-order chi connectivity index (χ0) is 15.1. The van der Waals surface area contributed by atoms with Gasteiger partial charge in [0.15, 0.2) is 5.82 Å². The predicted molar refractivity (Wildman–Crippen MR) is 83.0 cm³/mol. The van der Waals surface area contributed by atoms with Crippen LogP contribution in [0.3, 0.4) is 0 Å². The van der Waals surface area contributed by atoms with E-state index in [1.54, 1.807) is 20.3 Å². The summed E-state index contributed by atoms with van der Waals surface area (Å²) in [6.07, 6.45) is -0.0497. The van der Waals surface area contributed by atoms with Gasteiger partial charge in [0.1, 0.15) is 11.6 Å². The second-order valence-electron chi connectivity index (χ2n) is 4.56.